The summed E-state index contributed by atoms with van der Waals surface area (Å²) in [6.07, 6.45) is 7.00. The molecule has 1 saturated heterocycles. The van der Waals surface area contributed by atoms with E-state index >= 15 is 0 Å². The minimum Gasteiger partial charge on any atom is -0.393 e. The zero-order chi connectivity index (χ0) is 12.7. The second-order valence-electron chi connectivity index (χ2n) is 5.46. The fraction of sp³-hybridized carbons (Fsp3) is 1.00. The first-order valence-electron chi connectivity index (χ1n) is 7.08. The van der Waals surface area contributed by atoms with Crippen molar-refractivity contribution in [3.8, 4) is 0 Å². The van der Waals surface area contributed by atoms with Gasteiger partial charge < -0.3 is 9.84 Å². The molecule has 1 rings (SSSR count). The molecule has 102 valence electrons. The van der Waals surface area contributed by atoms with Crippen LogP contribution in [0.1, 0.15) is 52.4 Å². The van der Waals surface area contributed by atoms with Crippen molar-refractivity contribution in [2.24, 2.45) is 0 Å². The Balaban J connectivity index is 2.54. The largest absolute Gasteiger partial charge is 0.393 e. The molecule has 0 saturated carbocycles. The second-order valence-corrected chi connectivity index (χ2v) is 5.46. The van der Waals surface area contributed by atoms with E-state index in [9.17, 15) is 5.11 Å². The zero-order valence-corrected chi connectivity index (χ0v) is 11.7. The van der Waals surface area contributed by atoms with Gasteiger partial charge in [0.1, 0.15) is 0 Å². The predicted octanol–water partition coefficient (Wildman–Crippen LogP) is 2.43. The van der Waals surface area contributed by atoms with Gasteiger partial charge in [-0.05, 0) is 46.1 Å². The first-order valence-corrected chi connectivity index (χ1v) is 7.08. The maximum absolute atomic E-state index is 9.62. The second kappa shape index (κ2) is 8.06. The molecule has 0 aromatic carbocycles. The van der Waals surface area contributed by atoms with Gasteiger partial charge in [-0.25, -0.2) is 0 Å². The highest BCUT2D eigenvalue weighted by molar-refractivity contribution is 4.81. The number of aliphatic hydroxyl groups is 1. The van der Waals surface area contributed by atoms with Crippen LogP contribution >= 0.6 is 0 Å². The molecule has 1 aliphatic heterocycles. The van der Waals surface area contributed by atoms with Crippen LogP contribution in [0.2, 0.25) is 0 Å². The van der Waals surface area contributed by atoms with Crippen LogP contribution in [-0.4, -0.2) is 48.5 Å². The van der Waals surface area contributed by atoms with E-state index in [1.165, 1.54) is 32.2 Å². The molecular formula is C14H29NO2. The Bertz CT molecular complexity index is 197. The first kappa shape index (κ1) is 14.9. The summed E-state index contributed by atoms with van der Waals surface area (Å²) in [4.78, 5) is 2.60. The molecule has 3 nitrogen and oxygen atoms in total. The molecule has 3 unspecified atom stereocenters. The SMILES string of the molecule is COCCC(C)N1CCCCCC1CC(C)O. The third kappa shape index (κ3) is 5.36. The summed E-state index contributed by atoms with van der Waals surface area (Å²) in [5, 5.41) is 9.62. The molecule has 3 heteroatoms. The molecule has 0 bridgehead atoms. The van der Waals surface area contributed by atoms with Crippen molar-refractivity contribution >= 4 is 0 Å². The van der Waals surface area contributed by atoms with Crippen molar-refractivity contribution in [2.75, 3.05) is 20.3 Å². The van der Waals surface area contributed by atoms with E-state index in [-0.39, 0.29) is 6.10 Å². The van der Waals surface area contributed by atoms with E-state index in [1.807, 2.05) is 6.92 Å². The number of hydrogen-bond acceptors (Lipinski definition) is 3. The maximum atomic E-state index is 9.62. The van der Waals surface area contributed by atoms with Gasteiger partial charge in [-0.1, -0.05) is 12.8 Å². The fourth-order valence-corrected chi connectivity index (χ4v) is 2.88. The van der Waals surface area contributed by atoms with E-state index in [1.54, 1.807) is 7.11 Å². The number of ether oxygens (including phenoxy) is 1. The normalized spacial score (nSPS) is 26.5. The average molecular weight is 243 g/mol. The molecule has 1 aliphatic rings. The summed E-state index contributed by atoms with van der Waals surface area (Å²) in [5.41, 5.74) is 0. The number of likely N-dealkylation sites (tertiary alicyclic amines) is 1. The predicted molar refractivity (Wildman–Crippen MR) is 71.2 cm³/mol. The highest BCUT2D eigenvalue weighted by Gasteiger charge is 2.25. The van der Waals surface area contributed by atoms with Crippen LogP contribution in [0.25, 0.3) is 0 Å². The van der Waals surface area contributed by atoms with Gasteiger partial charge in [-0.2, -0.15) is 0 Å². The van der Waals surface area contributed by atoms with Crippen molar-refractivity contribution < 1.29 is 9.84 Å². The van der Waals surface area contributed by atoms with E-state index in [0.717, 1.165) is 19.4 Å². The topological polar surface area (TPSA) is 32.7 Å². The minimum absolute atomic E-state index is 0.185. The van der Waals surface area contributed by atoms with Gasteiger partial charge in [0.15, 0.2) is 0 Å². The summed E-state index contributed by atoms with van der Waals surface area (Å²) >= 11 is 0. The lowest BCUT2D eigenvalue weighted by molar-refractivity contribution is 0.0720. The van der Waals surface area contributed by atoms with Gasteiger partial charge in [0.2, 0.25) is 0 Å². The van der Waals surface area contributed by atoms with Crippen molar-refractivity contribution in [1.29, 1.82) is 0 Å². The van der Waals surface area contributed by atoms with Gasteiger partial charge >= 0.3 is 0 Å². The van der Waals surface area contributed by atoms with E-state index in [0.29, 0.717) is 12.1 Å². The van der Waals surface area contributed by atoms with Crippen molar-refractivity contribution in [2.45, 2.75) is 70.6 Å². The molecule has 0 aromatic heterocycles. The molecule has 1 fully saturated rings. The van der Waals surface area contributed by atoms with Crippen LogP contribution in [0.5, 0.6) is 0 Å². The maximum Gasteiger partial charge on any atom is 0.0527 e. The number of rotatable bonds is 6. The number of nitrogens with zero attached hydrogens (tertiary/aromatic N) is 1. The number of hydrogen-bond donors (Lipinski definition) is 1. The Morgan fingerprint density at radius 2 is 2.06 bits per heavy atom. The summed E-state index contributed by atoms with van der Waals surface area (Å²) < 4.78 is 5.17. The van der Waals surface area contributed by atoms with Crippen LogP contribution in [-0.2, 0) is 4.74 Å². The smallest absolute Gasteiger partial charge is 0.0527 e. The van der Waals surface area contributed by atoms with E-state index in [2.05, 4.69) is 11.8 Å². The Hall–Kier alpha value is -0.120. The zero-order valence-electron chi connectivity index (χ0n) is 11.7. The molecule has 3 atom stereocenters. The Labute approximate surface area is 106 Å². The lowest BCUT2D eigenvalue weighted by atomic mass is 10.0. The molecular weight excluding hydrogens is 214 g/mol. The van der Waals surface area contributed by atoms with Crippen molar-refractivity contribution in [3.63, 3.8) is 0 Å². The van der Waals surface area contributed by atoms with Crippen LogP contribution in [0.4, 0.5) is 0 Å². The van der Waals surface area contributed by atoms with Crippen LogP contribution < -0.4 is 0 Å². The van der Waals surface area contributed by atoms with Gasteiger partial charge in [0.25, 0.3) is 0 Å². The molecule has 0 amide bonds. The Morgan fingerprint density at radius 1 is 1.29 bits per heavy atom. The van der Waals surface area contributed by atoms with Crippen molar-refractivity contribution in [1.82, 2.24) is 4.90 Å². The van der Waals surface area contributed by atoms with Crippen molar-refractivity contribution in [3.05, 3.63) is 0 Å². The van der Waals surface area contributed by atoms with E-state index < -0.39 is 0 Å². The first-order chi connectivity index (χ1) is 8.15. The molecule has 17 heavy (non-hydrogen) atoms. The summed E-state index contributed by atoms with van der Waals surface area (Å²) in [5.74, 6) is 0. The highest BCUT2D eigenvalue weighted by Crippen LogP contribution is 2.23. The van der Waals surface area contributed by atoms with Crippen LogP contribution in [0, 0.1) is 0 Å². The lowest BCUT2D eigenvalue weighted by Crippen LogP contribution is -2.43. The third-order valence-electron chi connectivity index (χ3n) is 3.84. The summed E-state index contributed by atoms with van der Waals surface area (Å²) in [7, 11) is 1.77. The lowest BCUT2D eigenvalue weighted by Gasteiger charge is -2.36. The number of aliphatic hydroxyl groups excluding tert-OH is 1. The molecule has 1 N–H and O–H groups in total. The quantitative estimate of drug-likeness (QED) is 0.777. The third-order valence-corrected chi connectivity index (χ3v) is 3.84. The molecule has 0 aromatic rings. The summed E-state index contributed by atoms with van der Waals surface area (Å²) in [6.45, 7) is 6.21. The van der Waals surface area contributed by atoms with Gasteiger partial charge in [0.05, 0.1) is 6.10 Å². The monoisotopic (exact) mass is 243 g/mol. The average Bonchev–Trinajstić information content (AvgIpc) is 2.50. The highest BCUT2D eigenvalue weighted by atomic mass is 16.5. The summed E-state index contributed by atoms with van der Waals surface area (Å²) in [6, 6.07) is 1.13. The van der Waals surface area contributed by atoms with Gasteiger partial charge in [-0.3, -0.25) is 4.90 Å². The molecule has 0 radical (unpaired) electrons. The van der Waals surface area contributed by atoms with Crippen LogP contribution in [0.3, 0.4) is 0 Å². The van der Waals surface area contributed by atoms with E-state index in [4.69, 9.17) is 4.74 Å². The molecule has 1 heterocycles. The standard InChI is InChI=1S/C14H29NO2/c1-12(8-10-17-3)15-9-6-4-5-7-14(15)11-13(2)16/h12-14,16H,4-11H2,1-3H3. The van der Waals surface area contributed by atoms with Crippen LogP contribution in [0.15, 0.2) is 0 Å². The minimum atomic E-state index is -0.185. The molecule has 0 spiro atoms. The fourth-order valence-electron chi connectivity index (χ4n) is 2.88. The molecule has 0 aliphatic carbocycles. The van der Waals surface area contributed by atoms with Gasteiger partial charge in [0, 0.05) is 25.8 Å². The Kier molecular flexibility index (Phi) is 7.09. The van der Waals surface area contributed by atoms with Gasteiger partial charge in [-0.15, -0.1) is 0 Å². The Morgan fingerprint density at radius 3 is 2.71 bits per heavy atom. The number of methoxy groups -OCH3 is 1.